The maximum Gasteiger partial charge on any atom is 0.310 e. The van der Waals surface area contributed by atoms with Gasteiger partial charge in [-0.25, -0.2) is 9.37 Å². The summed E-state index contributed by atoms with van der Waals surface area (Å²) in [5, 5.41) is 4.67. The number of benzene rings is 1. The van der Waals surface area contributed by atoms with E-state index >= 15 is 0 Å². The molecule has 0 unspecified atom stereocenters. The largest absolute Gasteiger partial charge is 0.459 e. The molecule has 0 saturated heterocycles. The Labute approximate surface area is 124 Å². The van der Waals surface area contributed by atoms with Gasteiger partial charge in [-0.05, 0) is 11.6 Å². The van der Waals surface area contributed by atoms with E-state index < -0.39 is 11.8 Å². The van der Waals surface area contributed by atoms with Crippen LogP contribution in [0.25, 0.3) is 0 Å². The summed E-state index contributed by atoms with van der Waals surface area (Å²) in [4.78, 5) is 26.6. The van der Waals surface area contributed by atoms with E-state index in [1.165, 1.54) is 30.4 Å². The van der Waals surface area contributed by atoms with Crippen LogP contribution in [0.5, 0.6) is 0 Å². The number of nitrogens with zero attached hydrogens (tertiary/aromatic N) is 1. The van der Waals surface area contributed by atoms with Crippen LogP contribution in [0.15, 0.2) is 29.6 Å². The molecule has 1 amide bonds. The molecule has 5 nitrogen and oxygen atoms in total. The predicted octanol–water partition coefficient (Wildman–Crippen LogP) is 2.53. The molecule has 0 spiro atoms. The van der Waals surface area contributed by atoms with E-state index in [1.54, 1.807) is 17.5 Å². The Bertz CT molecular complexity index is 657. The molecular weight excluding hydrogens is 295 g/mol. The Morgan fingerprint density at radius 3 is 2.86 bits per heavy atom. The van der Waals surface area contributed by atoms with Gasteiger partial charge in [0.25, 0.3) is 0 Å². The lowest BCUT2D eigenvalue weighted by Crippen LogP contribution is -2.09. The highest BCUT2D eigenvalue weighted by Crippen LogP contribution is 2.16. The van der Waals surface area contributed by atoms with Gasteiger partial charge in [-0.2, -0.15) is 0 Å². The number of hydrogen-bond acceptors (Lipinski definition) is 5. The van der Waals surface area contributed by atoms with Gasteiger partial charge in [-0.3, -0.25) is 9.59 Å². The van der Waals surface area contributed by atoms with E-state index in [9.17, 15) is 14.0 Å². The van der Waals surface area contributed by atoms with Gasteiger partial charge in [0.2, 0.25) is 5.91 Å². The number of rotatable bonds is 5. The van der Waals surface area contributed by atoms with Crippen LogP contribution in [0.3, 0.4) is 0 Å². The molecule has 2 rings (SSSR count). The monoisotopic (exact) mass is 308 g/mol. The van der Waals surface area contributed by atoms with Crippen LogP contribution >= 0.6 is 11.3 Å². The first-order valence-corrected chi connectivity index (χ1v) is 7.03. The van der Waals surface area contributed by atoms with Crippen molar-refractivity contribution in [2.24, 2.45) is 0 Å². The molecule has 1 aromatic heterocycles. The summed E-state index contributed by atoms with van der Waals surface area (Å²) < 4.78 is 18.4. The Morgan fingerprint density at radius 2 is 2.14 bits per heavy atom. The van der Waals surface area contributed by atoms with Crippen LogP contribution in [0, 0.1) is 5.82 Å². The summed E-state index contributed by atoms with van der Waals surface area (Å²) in [6.45, 7) is 1.37. The third kappa shape index (κ3) is 4.64. The average Bonchev–Trinajstić information content (AvgIpc) is 2.86. The van der Waals surface area contributed by atoms with E-state index in [0.717, 1.165) is 0 Å². The summed E-state index contributed by atoms with van der Waals surface area (Å²) in [5.41, 5.74) is 0.824. The van der Waals surface area contributed by atoms with Crippen LogP contribution in [0.2, 0.25) is 0 Å². The van der Waals surface area contributed by atoms with Crippen molar-refractivity contribution in [1.29, 1.82) is 0 Å². The first-order chi connectivity index (χ1) is 10.0. The first kappa shape index (κ1) is 15.1. The fourth-order valence-corrected chi connectivity index (χ4v) is 2.33. The fraction of sp³-hybridized carbons (Fsp3) is 0.214. The number of thiazole rings is 1. The second kappa shape index (κ2) is 6.94. The topological polar surface area (TPSA) is 68.3 Å². The second-order valence-corrected chi connectivity index (χ2v) is 5.11. The number of esters is 1. The van der Waals surface area contributed by atoms with Crippen molar-refractivity contribution < 1.29 is 18.7 Å². The van der Waals surface area contributed by atoms with Gasteiger partial charge < -0.3 is 10.1 Å². The van der Waals surface area contributed by atoms with Crippen molar-refractivity contribution in [3.05, 3.63) is 46.7 Å². The van der Waals surface area contributed by atoms with Crippen molar-refractivity contribution in [1.82, 2.24) is 4.98 Å². The van der Waals surface area contributed by atoms with Gasteiger partial charge in [0.1, 0.15) is 12.4 Å². The number of hydrogen-bond donors (Lipinski definition) is 1. The number of halogens is 1. The summed E-state index contributed by atoms with van der Waals surface area (Å²) in [6.07, 6.45) is -0.130. The number of anilines is 1. The smallest absolute Gasteiger partial charge is 0.310 e. The van der Waals surface area contributed by atoms with E-state index in [-0.39, 0.29) is 18.9 Å². The molecule has 110 valence electrons. The van der Waals surface area contributed by atoms with Gasteiger partial charge in [0, 0.05) is 12.3 Å². The van der Waals surface area contributed by atoms with Crippen molar-refractivity contribution in [3.8, 4) is 0 Å². The maximum atomic E-state index is 13.4. The summed E-state index contributed by atoms with van der Waals surface area (Å²) in [6, 6.07) is 6.05. The van der Waals surface area contributed by atoms with E-state index in [2.05, 4.69) is 10.3 Å². The van der Waals surface area contributed by atoms with Gasteiger partial charge in [0.05, 0.1) is 12.1 Å². The minimum absolute atomic E-state index is 0.0105. The molecule has 1 N–H and O–H groups in total. The lowest BCUT2D eigenvalue weighted by atomic mass is 10.1. The fourth-order valence-electron chi connectivity index (χ4n) is 1.58. The molecule has 7 heteroatoms. The van der Waals surface area contributed by atoms with E-state index in [4.69, 9.17) is 4.74 Å². The molecule has 0 saturated carbocycles. The summed E-state index contributed by atoms with van der Waals surface area (Å²) in [7, 11) is 0. The summed E-state index contributed by atoms with van der Waals surface area (Å²) >= 11 is 1.24. The lowest BCUT2D eigenvalue weighted by Gasteiger charge is -2.04. The van der Waals surface area contributed by atoms with Crippen LogP contribution in [-0.4, -0.2) is 16.9 Å². The quantitative estimate of drug-likeness (QED) is 0.862. The van der Waals surface area contributed by atoms with Crippen molar-refractivity contribution in [2.75, 3.05) is 5.32 Å². The van der Waals surface area contributed by atoms with Gasteiger partial charge in [-0.1, -0.05) is 18.2 Å². The Morgan fingerprint density at radius 1 is 1.38 bits per heavy atom. The predicted molar refractivity (Wildman–Crippen MR) is 76.3 cm³/mol. The SMILES string of the molecule is CC(=O)Nc1nc(COC(=O)Cc2ccccc2F)cs1. The molecule has 0 aliphatic rings. The van der Waals surface area contributed by atoms with Crippen LogP contribution in [0.1, 0.15) is 18.2 Å². The minimum atomic E-state index is -0.533. The Balaban J connectivity index is 1.85. The molecule has 0 aliphatic heterocycles. The molecule has 2 aromatic rings. The molecule has 0 aliphatic carbocycles. The molecule has 0 bridgehead atoms. The van der Waals surface area contributed by atoms with Crippen molar-refractivity contribution in [3.63, 3.8) is 0 Å². The second-order valence-electron chi connectivity index (χ2n) is 4.25. The standard InChI is InChI=1S/C14H13FN2O3S/c1-9(18)16-14-17-11(8-21-14)7-20-13(19)6-10-4-2-3-5-12(10)15/h2-5,8H,6-7H2,1H3,(H,16,17,18). The van der Waals surface area contributed by atoms with Gasteiger partial charge >= 0.3 is 5.97 Å². The highest BCUT2D eigenvalue weighted by molar-refractivity contribution is 7.13. The zero-order valence-corrected chi connectivity index (χ0v) is 12.1. The van der Waals surface area contributed by atoms with Crippen LogP contribution < -0.4 is 5.32 Å². The van der Waals surface area contributed by atoms with Gasteiger partial charge in [-0.15, -0.1) is 11.3 Å². The molecule has 1 heterocycles. The third-order valence-electron chi connectivity index (χ3n) is 2.51. The minimum Gasteiger partial charge on any atom is -0.459 e. The molecule has 21 heavy (non-hydrogen) atoms. The Kier molecular flexibility index (Phi) is 4.99. The average molecular weight is 308 g/mol. The highest BCUT2D eigenvalue weighted by Gasteiger charge is 2.10. The van der Waals surface area contributed by atoms with Crippen molar-refractivity contribution in [2.45, 2.75) is 20.0 Å². The number of ether oxygens (including phenoxy) is 1. The number of carbonyl (C=O) groups is 2. The lowest BCUT2D eigenvalue weighted by molar-refractivity contribution is -0.144. The zero-order valence-electron chi connectivity index (χ0n) is 11.3. The summed E-state index contributed by atoms with van der Waals surface area (Å²) in [5.74, 6) is -1.18. The van der Waals surface area contributed by atoms with E-state index in [0.29, 0.717) is 16.4 Å². The van der Waals surface area contributed by atoms with E-state index in [1.807, 2.05) is 0 Å². The van der Waals surface area contributed by atoms with Crippen LogP contribution in [-0.2, 0) is 27.4 Å². The number of carbonyl (C=O) groups excluding carboxylic acids is 2. The molecule has 0 fully saturated rings. The number of aromatic nitrogens is 1. The first-order valence-electron chi connectivity index (χ1n) is 6.15. The number of amides is 1. The molecular formula is C14H13FN2O3S. The van der Waals surface area contributed by atoms with Crippen molar-refractivity contribution >= 4 is 28.3 Å². The Hall–Kier alpha value is -2.28. The molecule has 0 atom stereocenters. The molecule has 1 aromatic carbocycles. The highest BCUT2D eigenvalue weighted by atomic mass is 32.1. The number of nitrogens with one attached hydrogen (secondary N) is 1. The zero-order chi connectivity index (χ0) is 15.2. The van der Waals surface area contributed by atoms with Gasteiger partial charge in [0.15, 0.2) is 5.13 Å². The normalized spacial score (nSPS) is 10.2. The third-order valence-corrected chi connectivity index (χ3v) is 3.31. The molecule has 0 radical (unpaired) electrons. The maximum absolute atomic E-state index is 13.4. The van der Waals surface area contributed by atoms with Crippen LogP contribution in [0.4, 0.5) is 9.52 Å².